The summed E-state index contributed by atoms with van der Waals surface area (Å²) in [6.07, 6.45) is 3.27. The zero-order chi connectivity index (χ0) is 13.7. The molecule has 0 radical (unpaired) electrons. The monoisotopic (exact) mass is 278 g/mol. The summed E-state index contributed by atoms with van der Waals surface area (Å²) in [6, 6.07) is 1.64. The molecule has 1 aromatic rings. The number of rotatable bonds is 2. The zero-order valence-electron chi connectivity index (χ0n) is 10.7. The SMILES string of the molecule is NCC#Cc1cc(C(=O)NC2CCCCC2O)cs1. The van der Waals surface area contributed by atoms with Crippen molar-refractivity contribution in [3.63, 3.8) is 0 Å². The molecule has 4 nitrogen and oxygen atoms in total. The van der Waals surface area contributed by atoms with Crippen molar-refractivity contribution in [3.8, 4) is 11.8 Å². The van der Waals surface area contributed by atoms with Crippen LogP contribution in [0, 0.1) is 11.8 Å². The molecule has 1 fully saturated rings. The highest BCUT2D eigenvalue weighted by molar-refractivity contribution is 7.10. The van der Waals surface area contributed by atoms with Gasteiger partial charge in [-0.05, 0) is 18.9 Å². The van der Waals surface area contributed by atoms with Gasteiger partial charge in [0.25, 0.3) is 5.91 Å². The van der Waals surface area contributed by atoms with Crippen LogP contribution in [0.15, 0.2) is 11.4 Å². The normalized spacial score (nSPS) is 22.4. The minimum Gasteiger partial charge on any atom is -0.391 e. The molecule has 19 heavy (non-hydrogen) atoms. The molecule has 4 N–H and O–H groups in total. The molecule has 0 aliphatic heterocycles. The summed E-state index contributed by atoms with van der Waals surface area (Å²) in [5, 5.41) is 14.5. The summed E-state index contributed by atoms with van der Waals surface area (Å²) in [5.41, 5.74) is 5.91. The molecule has 5 heteroatoms. The van der Waals surface area contributed by atoms with Crippen LogP contribution in [-0.2, 0) is 0 Å². The molecule has 0 bridgehead atoms. The van der Waals surface area contributed by atoms with Crippen LogP contribution in [0.5, 0.6) is 0 Å². The van der Waals surface area contributed by atoms with Gasteiger partial charge in [0, 0.05) is 5.38 Å². The van der Waals surface area contributed by atoms with E-state index in [9.17, 15) is 9.90 Å². The molecule has 2 atom stereocenters. The fourth-order valence-electron chi connectivity index (χ4n) is 2.19. The lowest BCUT2D eigenvalue weighted by atomic mass is 9.92. The Labute approximate surface area is 117 Å². The highest BCUT2D eigenvalue weighted by atomic mass is 32.1. The Hall–Kier alpha value is -1.35. The van der Waals surface area contributed by atoms with Gasteiger partial charge in [0.05, 0.1) is 29.1 Å². The summed E-state index contributed by atoms with van der Waals surface area (Å²) >= 11 is 1.43. The number of carbonyl (C=O) groups is 1. The van der Waals surface area contributed by atoms with Crippen LogP contribution in [0.2, 0.25) is 0 Å². The predicted octanol–water partition coefficient (Wildman–Crippen LogP) is 1.09. The van der Waals surface area contributed by atoms with E-state index in [1.807, 2.05) is 0 Å². The number of nitrogens with one attached hydrogen (secondary N) is 1. The van der Waals surface area contributed by atoms with Crippen molar-refractivity contribution in [2.24, 2.45) is 5.73 Å². The van der Waals surface area contributed by atoms with Crippen molar-refractivity contribution in [3.05, 3.63) is 21.9 Å². The van der Waals surface area contributed by atoms with Gasteiger partial charge in [0.1, 0.15) is 0 Å². The smallest absolute Gasteiger partial charge is 0.252 e. The van der Waals surface area contributed by atoms with Crippen molar-refractivity contribution >= 4 is 17.2 Å². The summed E-state index contributed by atoms with van der Waals surface area (Å²) in [6.45, 7) is 0.313. The lowest BCUT2D eigenvalue weighted by Gasteiger charge is -2.28. The molecule has 1 aromatic heterocycles. The van der Waals surface area contributed by atoms with E-state index < -0.39 is 6.10 Å². The third-order valence-corrected chi connectivity index (χ3v) is 4.07. The Balaban J connectivity index is 1.97. The molecular weight excluding hydrogens is 260 g/mol. The Bertz CT molecular complexity index is 501. The molecule has 1 amide bonds. The fraction of sp³-hybridized carbons (Fsp3) is 0.500. The summed E-state index contributed by atoms with van der Waals surface area (Å²) < 4.78 is 0. The maximum absolute atomic E-state index is 12.1. The van der Waals surface area contributed by atoms with E-state index in [0.29, 0.717) is 12.1 Å². The molecule has 2 rings (SSSR count). The largest absolute Gasteiger partial charge is 0.391 e. The number of hydrogen-bond acceptors (Lipinski definition) is 4. The average Bonchev–Trinajstić information content (AvgIpc) is 2.88. The lowest BCUT2D eigenvalue weighted by molar-refractivity contribution is 0.0717. The van der Waals surface area contributed by atoms with Gasteiger partial charge in [0.15, 0.2) is 0 Å². The second-order valence-electron chi connectivity index (χ2n) is 4.64. The van der Waals surface area contributed by atoms with Gasteiger partial charge in [-0.25, -0.2) is 0 Å². The second-order valence-corrected chi connectivity index (χ2v) is 5.55. The number of aliphatic hydroxyl groups is 1. The highest BCUT2D eigenvalue weighted by Crippen LogP contribution is 2.19. The summed E-state index contributed by atoms with van der Waals surface area (Å²) in [7, 11) is 0. The van der Waals surface area contributed by atoms with E-state index in [1.54, 1.807) is 11.4 Å². The van der Waals surface area contributed by atoms with Crippen molar-refractivity contribution < 1.29 is 9.90 Å². The molecule has 1 saturated carbocycles. The van der Waals surface area contributed by atoms with Crippen LogP contribution in [0.3, 0.4) is 0 Å². The third kappa shape index (κ3) is 3.80. The molecule has 0 saturated heterocycles. The third-order valence-electron chi connectivity index (χ3n) is 3.22. The molecule has 0 aromatic carbocycles. The quantitative estimate of drug-likeness (QED) is 0.709. The fourth-order valence-corrected chi connectivity index (χ4v) is 2.95. The first-order valence-corrected chi connectivity index (χ1v) is 7.35. The van der Waals surface area contributed by atoms with Crippen molar-refractivity contribution in [1.29, 1.82) is 0 Å². The summed E-state index contributed by atoms with van der Waals surface area (Å²) in [5.74, 6) is 5.53. The van der Waals surface area contributed by atoms with Crippen molar-refractivity contribution in [2.45, 2.75) is 37.8 Å². The van der Waals surface area contributed by atoms with Gasteiger partial charge < -0.3 is 16.2 Å². The predicted molar refractivity (Wildman–Crippen MR) is 76.0 cm³/mol. The first kappa shape index (κ1) is 14.1. The van der Waals surface area contributed by atoms with Crippen LogP contribution < -0.4 is 11.1 Å². The molecule has 1 aliphatic carbocycles. The molecule has 0 spiro atoms. The van der Waals surface area contributed by atoms with Gasteiger partial charge in [0.2, 0.25) is 0 Å². The standard InChI is InChI=1S/C14H18N2O2S/c15-7-3-4-11-8-10(9-19-11)14(18)16-12-5-1-2-6-13(12)17/h8-9,12-13,17H,1-2,5-7,15H2,(H,16,18). The van der Waals surface area contributed by atoms with Crippen LogP contribution in [0.25, 0.3) is 0 Å². The van der Waals surface area contributed by atoms with Crippen LogP contribution in [0.1, 0.15) is 40.9 Å². The molecule has 1 aliphatic rings. The molecule has 1 heterocycles. The first-order chi connectivity index (χ1) is 9.20. The van der Waals surface area contributed by atoms with E-state index in [1.165, 1.54) is 11.3 Å². The van der Waals surface area contributed by atoms with Gasteiger partial charge in [-0.2, -0.15) is 0 Å². The van der Waals surface area contributed by atoms with E-state index in [2.05, 4.69) is 17.2 Å². The second kappa shape index (κ2) is 6.71. The van der Waals surface area contributed by atoms with Gasteiger partial charge >= 0.3 is 0 Å². The van der Waals surface area contributed by atoms with E-state index >= 15 is 0 Å². The lowest BCUT2D eigenvalue weighted by Crippen LogP contribution is -2.44. The Morgan fingerprint density at radius 1 is 1.53 bits per heavy atom. The summed E-state index contributed by atoms with van der Waals surface area (Å²) in [4.78, 5) is 12.9. The van der Waals surface area contributed by atoms with Gasteiger partial charge in [-0.15, -0.1) is 11.3 Å². The highest BCUT2D eigenvalue weighted by Gasteiger charge is 2.25. The molecule has 102 valence electrons. The number of aliphatic hydroxyl groups excluding tert-OH is 1. The Kier molecular flexibility index (Phi) is 4.97. The number of nitrogens with two attached hydrogens (primary N) is 1. The van der Waals surface area contributed by atoms with Crippen LogP contribution in [-0.4, -0.2) is 29.7 Å². The van der Waals surface area contributed by atoms with E-state index in [-0.39, 0.29) is 11.9 Å². The number of carbonyl (C=O) groups excluding carboxylic acids is 1. The average molecular weight is 278 g/mol. The van der Waals surface area contributed by atoms with Crippen molar-refractivity contribution in [1.82, 2.24) is 5.32 Å². The van der Waals surface area contributed by atoms with Crippen molar-refractivity contribution in [2.75, 3.05) is 6.54 Å². The zero-order valence-corrected chi connectivity index (χ0v) is 11.5. The minimum atomic E-state index is -0.423. The Morgan fingerprint density at radius 2 is 2.32 bits per heavy atom. The number of hydrogen-bond donors (Lipinski definition) is 3. The Morgan fingerprint density at radius 3 is 3.05 bits per heavy atom. The van der Waals surface area contributed by atoms with Crippen LogP contribution >= 0.6 is 11.3 Å². The maximum Gasteiger partial charge on any atom is 0.252 e. The van der Waals surface area contributed by atoms with Gasteiger partial charge in [-0.1, -0.05) is 24.7 Å². The van der Waals surface area contributed by atoms with E-state index in [0.717, 1.165) is 30.6 Å². The topological polar surface area (TPSA) is 75.4 Å². The number of amides is 1. The van der Waals surface area contributed by atoms with Crippen LogP contribution in [0.4, 0.5) is 0 Å². The minimum absolute atomic E-state index is 0.125. The number of thiophene rings is 1. The molecular formula is C14H18N2O2S. The maximum atomic E-state index is 12.1. The first-order valence-electron chi connectivity index (χ1n) is 6.47. The van der Waals surface area contributed by atoms with Gasteiger partial charge in [-0.3, -0.25) is 4.79 Å². The van der Waals surface area contributed by atoms with E-state index in [4.69, 9.17) is 5.73 Å². The molecule has 2 unspecified atom stereocenters.